The predicted octanol–water partition coefficient (Wildman–Crippen LogP) is 4.29. The van der Waals surface area contributed by atoms with E-state index in [1.807, 2.05) is 0 Å². The lowest BCUT2D eigenvalue weighted by Crippen LogP contribution is -2.09. The first-order chi connectivity index (χ1) is 7.93. The van der Waals surface area contributed by atoms with E-state index in [1.54, 1.807) is 0 Å². The summed E-state index contributed by atoms with van der Waals surface area (Å²) < 4.78 is 0. The van der Waals surface area contributed by atoms with Crippen molar-refractivity contribution in [2.75, 3.05) is 0 Å². The van der Waals surface area contributed by atoms with Crippen molar-refractivity contribution in [3.63, 3.8) is 0 Å². The normalized spacial score (nSPS) is 18.8. The molecule has 0 bridgehead atoms. The molecule has 1 nitrogen and oxygen atoms in total. The standard InChI is InChI=1S/C15H15N/c1-3-10-14-12(6-1)8-5-9-13-7-2-4-11-15(13)16-14/h1,3,5-6,8-10H,2,4,7,11H2. The Morgan fingerprint density at radius 1 is 1.00 bits per heavy atom. The second-order valence-corrected chi connectivity index (χ2v) is 4.38. The summed E-state index contributed by atoms with van der Waals surface area (Å²) >= 11 is 0. The van der Waals surface area contributed by atoms with Gasteiger partial charge in [-0.2, -0.15) is 0 Å². The molecule has 1 aromatic carbocycles. The second-order valence-electron chi connectivity index (χ2n) is 4.38. The number of nitrogens with zero attached hydrogens (tertiary/aromatic N) is 1. The Bertz CT molecular complexity index is 492. The van der Waals surface area contributed by atoms with Crippen molar-refractivity contribution in [2.45, 2.75) is 25.7 Å². The van der Waals surface area contributed by atoms with Gasteiger partial charge >= 0.3 is 0 Å². The highest BCUT2D eigenvalue weighted by Crippen LogP contribution is 2.28. The fourth-order valence-corrected chi connectivity index (χ4v) is 2.36. The molecule has 1 aliphatic carbocycles. The average molecular weight is 209 g/mol. The van der Waals surface area contributed by atoms with Crippen LogP contribution in [0.4, 0.5) is 5.69 Å². The summed E-state index contributed by atoms with van der Waals surface area (Å²) in [6.45, 7) is 0. The highest BCUT2D eigenvalue weighted by molar-refractivity contribution is 6.03. The third kappa shape index (κ3) is 1.73. The molecule has 0 aromatic heterocycles. The van der Waals surface area contributed by atoms with Crippen LogP contribution >= 0.6 is 0 Å². The molecule has 0 saturated heterocycles. The van der Waals surface area contributed by atoms with Crippen molar-refractivity contribution in [1.29, 1.82) is 0 Å². The van der Waals surface area contributed by atoms with E-state index in [1.165, 1.54) is 36.1 Å². The van der Waals surface area contributed by atoms with Crippen LogP contribution in [-0.2, 0) is 0 Å². The van der Waals surface area contributed by atoms with E-state index in [0.717, 1.165) is 12.1 Å². The number of rotatable bonds is 0. The summed E-state index contributed by atoms with van der Waals surface area (Å²) in [5, 5.41) is 0. The minimum Gasteiger partial charge on any atom is -0.253 e. The van der Waals surface area contributed by atoms with E-state index in [0.29, 0.717) is 0 Å². The van der Waals surface area contributed by atoms with Crippen LogP contribution in [0, 0.1) is 0 Å². The summed E-state index contributed by atoms with van der Waals surface area (Å²) in [5.74, 6) is 0. The lowest BCUT2D eigenvalue weighted by Gasteiger charge is -2.18. The zero-order valence-electron chi connectivity index (χ0n) is 9.32. The molecule has 1 heteroatoms. The highest BCUT2D eigenvalue weighted by atomic mass is 14.8. The van der Waals surface area contributed by atoms with Gasteiger partial charge in [-0.15, -0.1) is 0 Å². The Morgan fingerprint density at radius 2 is 1.88 bits per heavy atom. The maximum atomic E-state index is 4.82. The Balaban J connectivity index is 2.11. The molecule has 3 rings (SSSR count). The molecule has 0 spiro atoms. The van der Waals surface area contributed by atoms with Crippen LogP contribution in [0.2, 0.25) is 0 Å². The first-order valence-corrected chi connectivity index (χ1v) is 5.98. The number of benzene rings is 1. The SMILES string of the molecule is C1=Cc2ccccc2N=C2CCCCC2=C1. The molecule has 80 valence electrons. The molecule has 1 aromatic rings. The molecule has 2 aliphatic rings. The quantitative estimate of drug-likeness (QED) is 0.604. The molecule has 0 N–H and O–H groups in total. The van der Waals surface area contributed by atoms with Gasteiger partial charge in [0.1, 0.15) is 0 Å². The zero-order valence-corrected chi connectivity index (χ0v) is 9.32. The van der Waals surface area contributed by atoms with E-state index in [4.69, 9.17) is 4.99 Å². The van der Waals surface area contributed by atoms with Crippen molar-refractivity contribution in [1.82, 2.24) is 0 Å². The first-order valence-electron chi connectivity index (χ1n) is 5.98. The van der Waals surface area contributed by atoms with Gasteiger partial charge in [-0.3, -0.25) is 4.99 Å². The number of fused-ring (bicyclic) bond motifs is 2. The summed E-state index contributed by atoms with van der Waals surface area (Å²) in [7, 11) is 0. The first kappa shape index (κ1) is 9.59. The van der Waals surface area contributed by atoms with Gasteiger partial charge in [-0.05, 0) is 37.3 Å². The summed E-state index contributed by atoms with van der Waals surface area (Å²) in [4.78, 5) is 4.82. The van der Waals surface area contributed by atoms with E-state index >= 15 is 0 Å². The second kappa shape index (κ2) is 4.09. The lowest BCUT2D eigenvalue weighted by atomic mass is 9.91. The minimum absolute atomic E-state index is 1.11. The summed E-state index contributed by atoms with van der Waals surface area (Å²) in [6.07, 6.45) is 11.4. The summed E-state index contributed by atoms with van der Waals surface area (Å²) in [6, 6.07) is 8.35. The average Bonchev–Trinajstić information content (AvgIpc) is 2.29. The number of hydrogen-bond donors (Lipinski definition) is 0. The van der Waals surface area contributed by atoms with Crippen LogP contribution in [0.3, 0.4) is 0 Å². The molecule has 1 aliphatic heterocycles. The zero-order chi connectivity index (χ0) is 10.8. The van der Waals surface area contributed by atoms with E-state index < -0.39 is 0 Å². The van der Waals surface area contributed by atoms with Crippen molar-refractivity contribution < 1.29 is 0 Å². The molecule has 1 heterocycles. The van der Waals surface area contributed by atoms with Crippen LogP contribution in [0.25, 0.3) is 6.08 Å². The molecule has 0 unspecified atom stereocenters. The molecular weight excluding hydrogens is 194 g/mol. The van der Waals surface area contributed by atoms with Crippen LogP contribution in [0.15, 0.2) is 47.0 Å². The van der Waals surface area contributed by atoms with Crippen LogP contribution in [0.1, 0.15) is 31.2 Å². The number of para-hydroxylation sites is 1. The van der Waals surface area contributed by atoms with Gasteiger partial charge in [0.15, 0.2) is 0 Å². The number of hydrogen-bond acceptors (Lipinski definition) is 1. The Hall–Kier alpha value is -1.63. The Kier molecular flexibility index (Phi) is 2.45. The lowest BCUT2D eigenvalue weighted by molar-refractivity contribution is 0.733. The smallest absolute Gasteiger partial charge is 0.0705 e. The summed E-state index contributed by atoms with van der Waals surface area (Å²) in [5.41, 5.74) is 5.05. The van der Waals surface area contributed by atoms with Crippen LogP contribution in [-0.4, -0.2) is 5.71 Å². The van der Waals surface area contributed by atoms with Gasteiger partial charge in [0.25, 0.3) is 0 Å². The van der Waals surface area contributed by atoms with Gasteiger partial charge in [-0.1, -0.05) is 36.4 Å². The number of allylic oxidation sites excluding steroid dienone is 3. The van der Waals surface area contributed by atoms with E-state index in [9.17, 15) is 0 Å². The third-order valence-electron chi connectivity index (χ3n) is 3.25. The predicted molar refractivity (Wildman–Crippen MR) is 69.1 cm³/mol. The maximum Gasteiger partial charge on any atom is 0.0705 e. The minimum atomic E-state index is 1.11. The fraction of sp³-hybridized carbons (Fsp3) is 0.267. The molecule has 0 atom stereocenters. The van der Waals surface area contributed by atoms with Crippen LogP contribution < -0.4 is 0 Å². The van der Waals surface area contributed by atoms with Gasteiger partial charge in [0.05, 0.1) is 5.69 Å². The molecule has 0 radical (unpaired) electrons. The van der Waals surface area contributed by atoms with Gasteiger partial charge in [0.2, 0.25) is 0 Å². The molecule has 16 heavy (non-hydrogen) atoms. The molecule has 1 fully saturated rings. The third-order valence-corrected chi connectivity index (χ3v) is 3.25. The fourth-order valence-electron chi connectivity index (χ4n) is 2.36. The Morgan fingerprint density at radius 3 is 2.88 bits per heavy atom. The monoisotopic (exact) mass is 209 g/mol. The maximum absolute atomic E-state index is 4.82. The van der Waals surface area contributed by atoms with Crippen molar-refractivity contribution in [3.05, 3.63) is 47.6 Å². The van der Waals surface area contributed by atoms with Crippen molar-refractivity contribution in [3.8, 4) is 0 Å². The van der Waals surface area contributed by atoms with Crippen molar-refractivity contribution in [2.24, 2.45) is 4.99 Å². The highest BCUT2D eigenvalue weighted by Gasteiger charge is 2.14. The van der Waals surface area contributed by atoms with E-state index in [-0.39, 0.29) is 0 Å². The topological polar surface area (TPSA) is 12.4 Å². The van der Waals surface area contributed by atoms with Crippen LogP contribution in [0.5, 0.6) is 0 Å². The largest absolute Gasteiger partial charge is 0.253 e. The van der Waals surface area contributed by atoms with Gasteiger partial charge < -0.3 is 0 Å². The Labute approximate surface area is 96.2 Å². The van der Waals surface area contributed by atoms with Gasteiger partial charge in [0, 0.05) is 11.3 Å². The molecule has 1 saturated carbocycles. The molecule has 0 amide bonds. The van der Waals surface area contributed by atoms with E-state index in [2.05, 4.69) is 42.5 Å². The van der Waals surface area contributed by atoms with Crippen molar-refractivity contribution >= 4 is 17.5 Å². The van der Waals surface area contributed by atoms with Gasteiger partial charge in [-0.25, -0.2) is 0 Å². The molecular formula is C15H15N. The number of aliphatic imine (C=N–C) groups is 1.